The number of esters is 1. The number of carbonyl (C=O) groups excluding carboxylic acids is 1. The average molecular weight is 312 g/mol. The third-order valence-corrected chi connectivity index (χ3v) is 3.96. The third-order valence-electron chi connectivity index (χ3n) is 3.96. The Morgan fingerprint density at radius 3 is 1.95 bits per heavy atom. The first-order valence-corrected chi connectivity index (χ1v) is 9.13. The highest BCUT2D eigenvalue weighted by atomic mass is 16.5. The van der Waals surface area contributed by atoms with E-state index in [1.165, 1.54) is 64.9 Å². The van der Waals surface area contributed by atoms with Crippen LogP contribution in [0.1, 0.15) is 90.4 Å². The Bertz CT molecular complexity index is 274. The molecule has 0 aromatic heterocycles. The van der Waals surface area contributed by atoms with Crippen molar-refractivity contribution in [2.45, 2.75) is 96.5 Å². The molecule has 130 valence electrons. The predicted octanol–water partition coefficient (Wildman–Crippen LogP) is 5.17. The summed E-state index contributed by atoms with van der Waals surface area (Å²) in [6, 6.07) is 0. The monoisotopic (exact) mass is 312 g/mol. The summed E-state index contributed by atoms with van der Waals surface area (Å²) in [5, 5.41) is 9.41. The largest absolute Gasteiger partial charge is 0.467 e. The smallest absolute Gasteiger partial charge is 0.334 e. The standard InChI is InChI=1S/C19H36O3/c1-3-4-5-6-7-8-9-10-11-12-13-14-15-16-17-18(20)19(21)22-2/h13-14,18,20H,3-12,15-17H2,1-2H3/b14-13-/t18-/m1/s1. The van der Waals surface area contributed by atoms with Gasteiger partial charge in [0.15, 0.2) is 6.10 Å². The summed E-state index contributed by atoms with van der Waals surface area (Å²) in [6.45, 7) is 2.26. The number of carbonyl (C=O) groups is 1. The van der Waals surface area contributed by atoms with Crippen molar-refractivity contribution in [2.24, 2.45) is 0 Å². The summed E-state index contributed by atoms with van der Waals surface area (Å²) in [5.74, 6) is -0.529. The van der Waals surface area contributed by atoms with Crippen LogP contribution in [0, 0.1) is 0 Å². The number of hydrogen-bond donors (Lipinski definition) is 1. The highest BCUT2D eigenvalue weighted by Crippen LogP contribution is 2.11. The Kier molecular flexibility index (Phi) is 15.9. The molecule has 0 aromatic carbocycles. The summed E-state index contributed by atoms with van der Waals surface area (Å²) in [7, 11) is 1.30. The van der Waals surface area contributed by atoms with Crippen molar-refractivity contribution in [1.82, 2.24) is 0 Å². The molecular formula is C19H36O3. The van der Waals surface area contributed by atoms with E-state index in [0.717, 1.165) is 19.3 Å². The van der Waals surface area contributed by atoms with Crippen LogP contribution in [-0.4, -0.2) is 24.3 Å². The third kappa shape index (κ3) is 14.1. The quantitative estimate of drug-likeness (QED) is 0.258. The summed E-state index contributed by atoms with van der Waals surface area (Å²) in [5.41, 5.74) is 0. The van der Waals surface area contributed by atoms with Gasteiger partial charge in [-0.2, -0.15) is 0 Å². The van der Waals surface area contributed by atoms with Crippen LogP contribution in [0.3, 0.4) is 0 Å². The van der Waals surface area contributed by atoms with Gasteiger partial charge < -0.3 is 9.84 Å². The molecule has 0 aromatic rings. The van der Waals surface area contributed by atoms with Crippen LogP contribution in [0.15, 0.2) is 12.2 Å². The van der Waals surface area contributed by atoms with Crippen LogP contribution >= 0.6 is 0 Å². The zero-order valence-electron chi connectivity index (χ0n) is 14.7. The average Bonchev–Trinajstić information content (AvgIpc) is 2.54. The van der Waals surface area contributed by atoms with E-state index in [0.29, 0.717) is 6.42 Å². The molecule has 0 fully saturated rings. The van der Waals surface area contributed by atoms with Gasteiger partial charge in [0.05, 0.1) is 7.11 Å². The maximum absolute atomic E-state index is 11.0. The molecule has 1 atom stereocenters. The molecule has 0 radical (unpaired) electrons. The van der Waals surface area contributed by atoms with Crippen molar-refractivity contribution in [3.63, 3.8) is 0 Å². The minimum atomic E-state index is -0.962. The van der Waals surface area contributed by atoms with Gasteiger partial charge in [0, 0.05) is 0 Å². The van der Waals surface area contributed by atoms with Gasteiger partial charge >= 0.3 is 5.97 Å². The van der Waals surface area contributed by atoms with E-state index >= 15 is 0 Å². The van der Waals surface area contributed by atoms with Crippen molar-refractivity contribution >= 4 is 5.97 Å². The minimum Gasteiger partial charge on any atom is -0.467 e. The Labute approximate surface area is 137 Å². The molecule has 0 aliphatic heterocycles. The first-order valence-electron chi connectivity index (χ1n) is 9.13. The summed E-state index contributed by atoms with van der Waals surface area (Å²) in [6.07, 6.45) is 19.1. The van der Waals surface area contributed by atoms with E-state index < -0.39 is 12.1 Å². The molecule has 0 spiro atoms. The van der Waals surface area contributed by atoms with Crippen LogP contribution in [0.5, 0.6) is 0 Å². The molecule has 3 nitrogen and oxygen atoms in total. The molecule has 0 saturated carbocycles. The Balaban J connectivity index is 3.23. The Morgan fingerprint density at radius 2 is 1.41 bits per heavy atom. The van der Waals surface area contributed by atoms with E-state index in [2.05, 4.69) is 23.8 Å². The topological polar surface area (TPSA) is 46.5 Å². The van der Waals surface area contributed by atoms with Crippen LogP contribution in [0.4, 0.5) is 0 Å². The van der Waals surface area contributed by atoms with Gasteiger partial charge in [-0.3, -0.25) is 0 Å². The lowest BCUT2D eigenvalue weighted by atomic mass is 10.1. The molecular weight excluding hydrogens is 276 g/mol. The minimum absolute atomic E-state index is 0.481. The number of ether oxygens (including phenoxy) is 1. The molecule has 0 saturated heterocycles. The molecule has 0 amide bonds. The fourth-order valence-electron chi connectivity index (χ4n) is 2.49. The van der Waals surface area contributed by atoms with Crippen LogP contribution in [-0.2, 0) is 9.53 Å². The van der Waals surface area contributed by atoms with Crippen LogP contribution in [0.2, 0.25) is 0 Å². The Morgan fingerprint density at radius 1 is 0.909 bits per heavy atom. The van der Waals surface area contributed by atoms with Gasteiger partial charge in [-0.15, -0.1) is 0 Å². The second kappa shape index (κ2) is 16.5. The lowest BCUT2D eigenvalue weighted by Gasteiger charge is -2.06. The van der Waals surface area contributed by atoms with Crippen molar-refractivity contribution in [3.05, 3.63) is 12.2 Å². The molecule has 3 heteroatoms. The lowest BCUT2D eigenvalue weighted by molar-refractivity contribution is -0.150. The number of unbranched alkanes of at least 4 members (excludes halogenated alkanes) is 10. The first-order chi connectivity index (χ1) is 10.7. The van der Waals surface area contributed by atoms with Crippen molar-refractivity contribution in [3.8, 4) is 0 Å². The molecule has 1 N–H and O–H groups in total. The molecule has 0 rings (SSSR count). The zero-order chi connectivity index (χ0) is 16.5. The van der Waals surface area contributed by atoms with Gasteiger partial charge in [0.1, 0.15) is 0 Å². The maximum Gasteiger partial charge on any atom is 0.334 e. The molecule has 0 unspecified atom stereocenters. The number of aliphatic hydroxyl groups is 1. The van der Waals surface area contributed by atoms with Crippen LogP contribution in [0.25, 0.3) is 0 Å². The molecule has 0 heterocycles. The number of methoxy groups -OCH3 is 1. The van der Waals surface area contributed by atoms with Gasteiger partial charge in [0.25, 0.3) is 0 Å². The second-order valence-corrected chi connectivity index (χ2v) is 6.06. The van der Waals surface area contributed by atoms with Gasteiger partial charge in [-0.25, -0.2) is 4.79 Å². The molecule has 0 aliphatic carbocycles. The van der Waals surface area contributed by atoms with Gasteiger partial charge in [-0.1, -0.05) is 70.4 Å². The SMILES string of the molecule is CCCCCCCCCCC/C=C\CCC[C@@H](O)C(=O)OC. The van der Waals surface area contributed by atoms with E-state index in [1.54, 1.807) is 0 Å². The van der Waals surface area contributed by atoms with E-state index in [-0.39, 0.29) is 0 Å². The van der Waals surface area contributed by atoms with Crippen molar-refractivity contribution in [2.75, 3.05) is 7.11 Å². The fourth-order valence-corrected chi connectivity index (χ4v) is 2.49. The summed E-state index contributed by atoms with van der Waals surface area (Å²) >= 11 is 0. The van der Waals surface area contributed by atoms with Crippen molar-refractivity contribution in [1.29, 1.82) is 0 Å². The highest BCUT2D eigenvalue weighted by molar-refractivity contribution is 5.74. The van der Waals surface area contributed by atoms with E-state index in [4.69, 9.17) is 0 Å². The zero-order valence-corrected chi connectivity index (χ0v) is 14.7. The number of rotatable bonds is 15. The molecule has 22 heavy (non-hydrogen) atoms. The fraction of sp³-hybridized carbons (Fsp3) is 0.842. The van der Waals surface area contributed by atoms with E-state index in [9.17, 15) is 9.90 Å². The molecule has 0 bridgehead atoms. The van der Waals surface area contributed by atoms with Crippen LogP contribution < -0.4 is 0 Å². The lowest BCUT2D eigenvalue weighted by Crippen LogP contribution is -2.21. The highest BCUT2D eigenvalue weighted by Gasteiger charge is 2.13. The summed E-state index contributed by atoms with van der Waals surface area (Å²) < 4.78 is 4.47. The predicted molar refractivity (Wildman–Crippen MR) is 92.9 cm³/mol. The number of hydrogen-bond acceptors (Lipinski definition) is 3. The maximum atomic E-state index is 11.0. The number of allylic oxidation sites excluding steroid dienone is 2. The Hall–Kier alpha value is -0.830. The first kappa shape index (κ1) is 21.2. The van der Waals surface area contributed by atoms with Gasteiger partial charge in [0.2, 0.25) is 0 Å². The van der Waals surface area contributed by atoms with E-state index in [1.807, 2.05) is 0 Å². The molecule has 0 aliphatic rings. The number of aliphatic hydroxyl groups excluding tert-OH is 1. The second-order valence-electron chi connectivity index (χ2n) is 6.06. The summed E-state index contributed by atoms with van der Waals surface area (Å²) in [4.78, 5) is 11.0. The van der Waals surface area contributed by atoms with Gasteiger partial charge in [-0.05, 0) is 32.1 Å². The normalized spacial score (nSPS) is 12.7. The van der Waals surface area contributed by atoms with Crippen molar-refractivity contribution < 1.29 is 14.6 Å².